The van der Waals surface area contributed by atoms with Crippen LogP contribution in [-0.4, -0.2) is 12.8 Å². The van der Waals surface area contributed by atoms with Crippen molar-refractivity contribution in [3.8, 4) is 0 Å². The monoisotopic (exact) mass is 233 g/mol. The molecule has 0 aromatic carbocycles. The first-order chi connectivity index (χ1) is 8.27. The Balaban J connectivity index is 2.58. The Bertz CT molecular complexity index is 361. The standard InChI is InChI=1S/C15H20FN/c1-3-5-6-15(16)8-7-13(4-2)14-9-11-17-12-10-14/h3,5-6,8-9,11,13H,1,4,7,10,12H2,2H3/b6-5-,15-8+. The van der Waals surface area contributed by atoms with Gasteiger partial charge in [0.1, 0.15) is 5.83 Å². The zero-order valence-electron chi connectivity index (χ0n) is 10.4. The van der Waals surface area contributed by atoms with Crippen LogP contribution in [0.25, 0.3) is 0 Å². The molecule has 0 N–H and O–H groups in total. The van der Waals surface area contributed by atoms with Gasteiger partial charge in [-0.2, -0.15) is 0 Å². The lowest BCUT2D eigenvalue weighted by Crippen LogP contribution is -2.06. The lowest BCUT2D eigenvalue weighted by atomic mass is 9.89. The number of allylic oxidation sites excluding steroid dienone is 6. The van der Waals surface area contributed by atoms with E-state index < -0.39 is 0 Å². The molecule has 0 spiro atoms. The summed E-state index contributed by atoms with van der Waals surface area (Å²) in [6.45, 7) is 6.52. The molecule has 0 radical (unpaired) electrons. The molecule has 1 atom stereocenters. The molecule has 0 bridgehead atoms. The number of hydrogen-bond donors (Lipinski definition) is 0. The minimum absolute atomic E-state index is 0.187. The Morgan fingerprint density at radius 3 is 3.06 bits per heavy atom. The van der Waals surface area contributed by atoms with Crippen LogP contribution in [-0.2, 0) is 0 Å². The summed E-state index contributed by atoms with van der Waals surface area (Å²) in [6.07, 6.45) is 13.0. The van der Waals surface area contributed by atoms with Gasteiger partial charge in [-0.3, -0.25) is 4.99 Å². The molecule has 0 saturated carbocycles. The van der Waals surface area contributed by atoms with E-state index in [2.05, 4.69) is 24.6 Å². The van der Waals surface area contributed by atoms with E-state index in [1.54, 1.807) is 18.2 Å². The number of rotatable bonds is 6. The van der Waals surface area contributed by atoms with Crippen LogP contribution in [0.2, 0.25) is 0 Å². The highest BCUT2D eigenvalue weighted by atomic mass is 19.1. The minimum Gasteiger partial charge on any atom is -0.293 e. The Morgan fingerprint density at radius 2 is 2.47 bits per heavy atom. The first-order valence-corrected chi connectivity index (χ1v) is 6.11. The minimum atomic E-state index is -0.187. The van der Waals surface area contributed by atoms with Gasteiger partial charge in [0, 0.05) is 12.8 Å². The molecule has 0 amide bonds. The van der Waals surface area contributed by atoms with E-state index in [4.69, 9.17) is 0 Å². The van der Waals surface area contributed by atoms with Crippen LogP contribution in [0.4, 0.5) is 4.39 Å². The van der Waals surface area contributed by atoms with Crippen molar-refractivity contribution in [2.24, 2.45) is 10.9 Å². The molecule has 1 unspecified atom stereocenters. The van der Waals surface area contributed by atoms with Gasteiger partial charge in [0.15, 0.2) is 0 Å². The largest absolute Gasteiger partial charge is 0.293 e. The van der Waals surface area contributed by atoms with Crippen molar-refractivity contribution in [2.45, 2.75) is 26.2 Å². The smallest absolute Gasteiger partial charge is 0.119 e. The summed E-state index contributed by atoms with van der Waals surface area (Å²) >= 11 is 0. The van der Waals surface area contributed by atoms with Gasteiger partial charge in [-0.05, 0) is 43.4 Å². The summed E-state index contributed by atoms with van der Waals surface area (Å²) in [6, 6.07) is 0. The molecule has 1 aliphatic heterocycles. The van der Waals surface area contributed by atoms with Gasteiger partial charge < -0.3 is 0 Å². The maximum Gasteiger partial charge on any atom is 0.119 e. The summed E-state index contributed by atoms with van der Waals surface area (Å²) in [5, 5.41) is 0. The average Bonchev–Trinajstić information content (AvgIpc) is 2.38. The van der Waals surface area contributed by atoms with Gasteiger partial charge in [0.25, 0.3) is 0 Å². The number of nitrogens with zero attached hydrogens (tertiary/aromatic N) is 1. The summed E-state index contributed by atoms with van der Waals surface area (Å²) < 4.78 is 13.3. The third kappa shape index (κ3) is 4.94. The van der Waals surface area contributed by atoms with Crippen molar-refractivity contribution in [2.75, 3.05) is 6.54 Å². The molecule has 2 heteroatoms. The molecule has 0 aliphatic carbocycles. The van der Waals surface area contributed by atoms with E-state index >= 15 is 0 Å². The van der Waals surface area contributed by atoms with Crippen molar-refractivity contribution < 1.29 is 4.39 Å². The van der Waals surface area contributed by atoms with E-state index in [1.165, 1.54) is 11.6 Å². The lowest BCUT2D eigenvalue weighted by Gasteiger charge is -2.18. The van der Waals surface area contributed by atoms with Crippen LogP contribution in [0.3, 0.4) is 0 Å². The van der Waals surface area contributed by atoms with E-state index in [-0.39, 0.29) is 5.83 Å². The molecule has 1 heterocycles. The van der Waals surface area contributed by atoms with Gasteiger partial charge in [-0.15, -0.1) is 0 Å². The molecule has 1 aliphatic rings. The fourth-order valence-electron chi connectivity index (χ4n) is 1.90. The SMILES string of the molecule is C=C/C=C\C(F)=C/CC(CC)C1=CC=NCC1. The van der Waals surface area contributed by atoms with Crippen LogP contribution >= 0.6 is 0 Å². The van der Waals surface area contributed by atoms with Crippen LogP contribution in [0, 0.1) is 5.92 Å². The molecule has 0 aromatic heterocycles. The maximum absolute atomic E-state index is 13.3. The van der Waals surface area contributed by atoms with Crippen LogP contribution in [0.5, 0.6) is 0 Å². The van der Waals surface area contributed by atoms with Gasteiger partial charge in [0.05, 0.1) is 0 Å². The van der Waals surface area contributed by atoms with Crippen LogP contribution < -0.4 is 0 Å². The zero-order chi connectivity index (χ0) is 12.5. The molecule has 0 fully saturated rings. The molecule has 17 heavy (non-hydrogen) atoms. The lowest BCUT2D eigenvalue weighted by molar-refractivity contribution is 0.564. The highest BCUT2D eigenvalue weighted by molar-refractivity contribution is 5.73. The van der Waals surface area contributed by atoms with Gasteiger partial charge in [-0.1, -0.05) is 31.2 Å². The molecule has 1 rings (SSSR count). The van der Waals surface area contributed by atoms with E-state index in [0.717, 1.165) is 25.8 Å². The molecule has 0 saturated heterocycles. The van der Waals surface area contributed by atoms with Crippen molar-refractivity contribution in [3.63, 3.8) is 0 Å². The number of dihydropyridines is 1. The van der Waals surface area contributed by atoms with Crippen LogP contribution in [0.15, 0.2) is 53.4 Å². The van der Waals surface area contributed by atoms with Crippen molar-refractivity contribution in [1.82, 2.24) is 0 Å². The Morgan fingerprint density at radius 1 is 1.65 bits per heavy atom. The highest BCUT2D eigenvalue weighted by Gasteiger charge is 2.12. The van der Waals surface area contributed by atoms with E-state index in [0.29, 0.717) is 5.92 Å². The fraction of sp³-hybridized carbons (Fsp3) is 0.400. The molecule has 92 valence electrons. The topological polar surface area (TPSA) is 12.4 Å². The van der Waals surface area contributed by atoms with E-state index in [1.807, 2.05) is 6.21 Å². The Labute approximate surface area is 103 Å². The maximum atomic E-state index is 13.3. The van der Waals surface area contributed by atoms with E-state index in [9.17, 15) is 4.39 Å². The third-order valence-corrected chi connectivity index (χ3v) is 2.93. The predicted molar refractivity (Wildman–Crippen MR) is 73.0 cm³/mol. The molecular weight excluding hydrogens is 213 g/mol. The van der Waals surface area contributed by atoms with Crippen molar-refractivity contribution in [3.05, 3.63) is 48.4 Å². The third-order valence-electron chi connectivity index (χ3n) is 2.93. The second kappa shape index (κ2) is 7.77. The zero-order valence-corrected chi connectivity index (χ0v) is 10.4. The van der Waals surface area contributed by atoms with Gasteiger partial charge >= 0.3 is 0 Å². The Hall–Kier alpha value is -1.44. The normalized spacial score (nSPS) is 18.2. The Kier molecular flexibility index (Phi) is 6.23. The second-order valence-corrected chi connectivity index (χ2v) is 4.07. The fourth-order valence-corrected chi connectivity index (χ4v) is 1.90. The molecule has 0 aromatic rings. The van der Waals surface area contributed by atoms with Crippen molar-refractivity contribution >= 4 is 6.21 Å². The second-order valence-electron chi connectivity index (χ2n) is 4.07. The average molecular weight is 233 g/mol. The molecule has 1 nitrogen and oxygen atoms in total. The number of aliphatic imine (C=N–C) groups is 1. The number of halogens is 1. The summed E-state index contributed by atoms with van der Waals surface area (Å²) in [5.41, 5.74) is 1.39. The van der Waals surface area contributed by atoms with Crippen molar-refractivity contribution in [1.29, 1.82) is 0 Å². The quantitative estimate of drug-likeness (QED) is 0.603. The van der Waals surface area contributed by atoms with Gasteiger partial charge in [-0.25, -0.2) is 4.39 Å². The molecular formula is C15H20FN. The summed E-state index contributed by atoms with van der Waals surface area (Å²) in [5.74, 6) is 0.248. The summed E-state index contributed by atoms with van der Waals surface area (Å²) in [7, 11) is 0. The summed E-state index contributed by atoms with van der Waals surface area (Å²) in [4.78, 5) is 4.17. The highest BCUT2D eigenvalue weighted by Crippen LogP contribution is 2.24. The first kappa shape index (κ1) is 13.6. The predicted octanol–water partition coefficient (Wildman–Crippen LogP) is 4.40. The van der Waals surface area contributed by atoms with Crippen LogP contribution in [0.1, 0.15) is 26.2 Å². The number of hydrogen-bond acceptors (Lipinski definition) is 1. The first-order valence-electron chi connectivity index (χ1n) is 6.11. The van der Waals surface area contributed by atoms with Gasteiger partial charge in [0.2, 0.25) is 0 Å².